The first-order valence-electron chi connectivity index (χ1n) is 13.0. The number of allylic oxidation sites excluding steroid dienone is 5. The van der Waals surface area contributed by atoms with Crippen LogP contribution in [0.4, 0.5) is 5.82 Å². The number of aryl methyl sites for hydroxylation is 1. The smallest absolute Gasteiger partial charge is 0.253 e. The third-order valence-electron chi connectivity index (χ3n) is 7.80. The molecule has 6 heteroatoms. The van der Waals surface area contributed by atoms with E-state index in [0.29, 0.717) is 18.2 Å². The van der Waals surface area contributed by atoms with Crippen molar-refractivity contribution in [3.8, 4) is 11.5 Å². The van der Waals surface area contributed by atoms with Gasteiger partial charge in [0.2, 0.25) is 5.89 Å². The van der Waals surface area contributed by atoms with E-state index < -0.39 is 0 Å². The molecule has 0 saturated carbocycles. The molecule has 0 aliphatic carbocycles. The molecular formula is C30H39N5O. The van der Waals surface area contributed by atoms with Crippen molar-refractivity contribution < 1.29 is 4.42 Å². The van der Waals surface area contributed by atoms with Gasteiger partial charge < -0.3 is 9.73 Å². The van der Waals surface area contributed by atoms with Crippen molar-refractivity contribution >= 4 is 5.82 Å². The molecule has 0 amide bonds. The largest absolute Gasteiger partial charge is 0.420 e. The Morgan fingerprint density at radius 1 is 1.19 bits per heavy atom. The van der Waals surface area contributed by atoms with E-state index in [1.54, 1.807) is 6.08 Å². The maximum Gasteiger partial charge on any atom is 0.253 e. The van der Waals surface area contributed by atoms with Crippen molar-refractivity contribution in [2.75, 3.05) is 5.32 Å². The maximum absolute atomic E-state index is 6.34. The van der Waals surface area contributed by atoms with Crippen molar-refractivity contribution in [3.63, 3.8) is 0 Å². The van der Waals surface area contributed by atoms with Gasteiger partial charge in [-0.25, -0.2) is 4.68 Å². The Morgan fingerprint density at radius 2 is 1.92 bits per heavy atom. The summed E-state index contributed by atoms with van der Waals surface area (Å²) in [6, 6.07) is 10.7. The summed E-state index contributed by atoms with van der Waals surface area (Å²) >= 11 is 0. The van der Waals surface area contributed by atoms with Crippen LogP contribution < -0.4 is 5.32 Å². The predicted molar refractivity (Wildman–Crippen MR) is 147 cm³/mol. The van der Waals surface area contributed by atoms with Crippen LogP contribution in [0, 0.1) is 12.3 Å². The number of rotatable bonds is 9. The molecule has 0 unspecified atom stereocenters. The molecule has 1 N–H and O–H groups in total. The fraction of sp³-hybridized carbons (Fsp3) is 0.433. The lowest BCUT2D eigenvalue weighted by molar-refractivity contribution is 0.263. The highest BCUT2D eigenvalue weighted by molar-refractivity contribution is 5.73. The van der Waals surface area contributed by atoms with Crippen LogP contribution in [0.3, 0.4) is 0 Å². The molecule has 4 rings (SSSR count). The summed E-state index contributed by atoms with van der Waals surface area (Å²) in [6.45, 7) is 16.9. The summed E-state index contributed by atoms with van der Waals surface area (Å²) in [6.07, 6.45) is 11.6. The SMILES string of the molecule is C=C/C=C\C=C(/C)C(CC)(CC)Cc1nnc(-c2c(C)nn3c2N[C@@H](c2ccccc2)CC3(C)C)o1. The molecule has 3 aromatic rings. The number of benzene rings is 1. The number of fused-ring (bicyclic) bond motifs is 1. The number of nitrogens with zero attached hydrogens (tertiary/aromatic N) is 4. The fourth-order valence-electron chi connectivity index (χ4n) is 5.41. The minimum absolute atomic E-state index is 0.0402. The standard InChI is InChI=1S/C30H39N5O/c1-8-11-13-16-21(4)30(9-2,10-3)20-25-32-33-28(36-25)26-22(5)34-35-27(26)31-24(19-29(35,6)7)23-17-14-12-15-18-23/h8,11-18,24,31H,1,9-10,19-20H2,2-7H3/b13-11-,21-16+/t24-/m1/s1. The second kappa shape index (κ2) is 10.3. The van der Waals surface area contributed by atoms with Gasteiger partial charge in [-0.15, -0.1) is 10.2 Å². The number of hydrogen-bond acceptors (Lipinski definition) is 5. The summed E-state index contributed by atoms with van der Waals surface area (Å²) < 4.78 is 8.43. The zero-order valence-corrected chi connectivity index (χ0v) is 22.5. The van der Waals surface area contributed by atoms with E-state index >= 15 is 0 Å². The monoisotopic (exact) mass is 485 g/mol. The maximum atomic E-state index is 6.34. The molecule has 2 aromatic heterocycles. The topological polar surface area (TPSA) is 68.8 Å². The average Bonchev–Trinajstić information content (AvgIpc) is 3.46. The Kier molecular flexibility index (Phi) is 7.34. The van der Waals surface area contributed by atoms with Crippen molar-refractivity contribution in [1.29, 1.82) is 0 Å². The lowest BCUT2D eigenvalue weighted by Gasteiger charge is -2.38. The van der Waals surface area contributed by atoms with Crippen LogP contribution in [-0.4, -0.2) is 20.0 Å². The first-order chi connectivity index (χ1) is 17.2. The lowest BCUT2D eigenvalue weighted by Crippen LogP contribution is -2.37. The highest BCUT2D eigenvalue weighted by atomic mass is 16.4. The summed E-state index contributed by atoms with van der Waals surface area (Å²) in [7, 11) is 0. The third kappa shape index (κ3) is 4.81. The fourth-order valence-corrected chi connectivity index (χ4v) is 5.41. The van der Waals surface area contributed by atoms with E-state index in [4.69, 9.17) is 9.52 Å². The molecule has 0 fully saturated rings. The molecule has 1 aliphatic rings. The van der Waals surface area contributed by atoms with Crippen LogP contribution in [0.2, 0.25) is 0 Å². The van der Waals surface area contributed by atoms with Gasteiger partial charge in [0.1, 0.15) is 11.4 Å². The number of aromatic nitrogens is 4. The molecule has 3 heterocycles. The molecular weight excluding hydrogens is 446 g/mol. The molecule has 190 valence electrons. The number of anilines is 1. The summed E-state index contributed by atoms with van der Waals surface area (Å²) in [5.74, 6) is 2.12. The van der Waals surface area contributed by atoms with E-state index in [-0.39, 0.29) is 17.0 Å². The molecule has 0 bridgehead atoms. The molecule has 1 aromatic carbocycles. The first kappa shape index (κ1) is 25.7. The molecule has 36 heavy (non-hydrogen) atoms. The lowest BCUT2D eigenvalue weighted by atomic mass is 9.73. The zero-order chi connectivity index (χ0) is 25.9. The van der Waals surface area contributed by atoms with Crippen molar-refractivity contribution in [2.24, 2.45) is 5.41 Å². The average molecular weight is 486 g/mol. The van der Waals surface area contributed by atoms with Crippen molar-refractivity contribution in [1.82, 2.24) is 20.0 Å². The Balaban J connectivity index is 1.68. The minimum atomic E-state index is -0.159. The van der Waals surface area contributed by atoms with E-state index in [1.165, 1.54) is 11.1 Å². The van der Waals surface area contributed by atoms with Gasteiger partial charge in [0.25, 0.3) is 5.89 Å². The molecule has 6 nitrogen and oxygen atoms in total. The van der Waals surface area contributed by atoms with Crippen molar-refractivity contribution in [3.05, 3.63) is 83.9 Å². The van der Waals surface area contributed by atoms with Crippen LogP contribution in [0.25, 0.3) is 11.5 Å². The molecule has 1 aliphatic heterocycles. The van der Waals surface area contributed by atoms with Crippen LogP contribution in [0.1, 0.15) is 77.1 Å². The highest BCUT2D eigenvalue weighted by Crippen LogP contribution is 2.44. The molecule has 0 saturated heterocycles. The molecule has 0 spiro atoms. The summed E-state index contributed by atoms with van der Waals surface area (Å²) in [5, 5.41) is 17.6. The Bertz CT molecular complexity index is 1260. The van der Waals surface area contributed by atoms with Gasteiger partial charge in [0.05, 0.1) is 17.3 Å². The van der Waals surface area contributed by atoms with Crippen LogP contribution >= 0.6 is 0 Å². The Morgan fingerprint density at radius 3 is 2.58 bits per heavy atom. The summed E-state index contributed by atoms with van der Waals surface area (Å²) in [5.41, 5.74) is 4.14. The van der Waals surface area contributed by atoms with Gasteiger partial charge in [-0.2, -0.15) is 5.10 Å². The second-order valence-electron chi connectivity index (χ2n) is 10.5. The van der Waals surface area contributed by atoms with Crippen LogP contribution in [-0.2, 0) is 12.0 Å². The Labute approximate surface area is 215 Å². The van der Waals surface area contributed by atoms with Crippen molar-refractivity contribution in [2.45, 2.75) is 78.8 Å². The van der Waals surface area contributed by atoms with Crippen LogP contribution in [0.15, 0.2) is 71.2 Å². The van der Waals surface area contributed by atoms with Gasteiger partial charge >= 0.3 is 0 Å². The van der Waals surface area contributed by atoms with E-state index in [9.17, 15) is 0 Å². The Hall–Kier alpha value is -3.41. The number of nitrogens with one attached hydrogen (secondary N) is 1. The number of hydrogen-bond donors (Lipinski definition) is 1. The molecule has 1 atom stereocenters. The van der Waals surface area contributed by atoms with E-state index in [1.807, 2.05) is 19.1 Å². The summed E-state index contributed by atoms with van der Waals surface area (Å²) in [4.78, 5) is 0. The first-order valence-corrected chi connectivity index (χ1v) is 13.0. The normalized spacial score (nSPS) is 17.7. The van der Waals surface area contributed by atoms with Gasteiger partial charge in [-0.05, 0) is 57.9 Å². The van der Waals surface area contributed by atoms with Gasteiger partial charge in [-0.3, -0.25) is 0 Å². The minimum Gasteiger partial charge on any atom is -0.420 e. The quantitative estimate of drug-likeness (QED) is 0.317. The zero-order valence-electron chi connectivity index (χ0n) is 22.5. The third-order valence-corrected chi connectivity index (χ3v) is 7.80. The van der Waals surface area contributed by atoms with E-state index in [0.717, 1.165) is 36.3 Å². The van der Waals surface area contributed by atoms with Gasteiger partial charge in [0, 0.05) is 6.42 Å². The predicted octanol–water partition coefficient (Wildman–Crippen LogP) is 7.57. The highest BCUT2D eigenvalue weighted by Gasteiger charge is 2.38. The second-order valence-corrected chi connectivity index (χ2v) is 10.5. The van der Waals surface area contributed by atoms with E-state index in [2.05, 4.69) is 97.8 Å². The van der Waals surface area contributed by atoms with Gasteiger partial charge in [-0.1, -0.05) is 80.6 Å². The van der Waals surface area contributed by atoms with Crippen LogP contribution in [0.5, 0.6) is 0 Å². The molecule has 0 radical (unpaired) electrons. The van der Waals surface area contributed by atoms with Gasteiger partial charge in [0.15, 0.2) is 0 Å².